The van der Waals surface area contributed by atoms with Gasteiger partial charge in [0.15, 0.2) is 88.0 Å². The number of alkyl halides is 2. The SMILES string of the molecule is CN.Nc1nc2c(ncn2[C@@H]2O[C@@H]3COP(=O)(O)O[C@H]4[C@H]5OC[C@]4(COP(=O)(O)O[C@@H]2[C@@H]3F)O[C@H]5n2cnc3c(N)ncnc32)c(=O)[nH]1.[C-]#[N+]CCOP1(=O)OC[C@H]2O[C@@H](n3cnc4c(=O)[nH]c(NC(=O)C(C)C)nc43)[C@H](OP(=O)(O)OC[C@@]34CO[C@@H]([C@H](n5cnc6c(NC(=O)c7ccccc7)ncnc65)O3)[C@@H]4O1)[C@@H]2F. The van der Waals surface area contributed by atoms with E-state index >= 15 is 8.78 Å². The van der Waals surface area contributed by atoms with E-state index in [4.69, 9.17) is 87.2 Å². The van der Waals surface area contributed by atoms with Crippen molar-refractivity contribution in [1.29, 1.82) is 0 Å². The number of benzene rings is 1. The van der Waals surface area contributed by atoms with Gasteiger partial charge in [-0.25, -0.2) is 73.5 Å². The number of hydrogen-bond acceptors (Lipinski definition) is 36. The lowest BCUT2D eigenvalue weighted by molar-refractivity contribution is -0.184. The third-order valence-electron chi connectivity index (χ3n) is 18.4. The maximum Gasteiger partial charge on any atom is 0.475 e. The van der Waals surface area contributed by atoms with Crippen LogP contribution in [0.5, 0.6) is 0 Å². The molecule has 592 valence electrons. The third kappa shape index (κ3) is 14.6. The van der Waals surface area contributed by atoms with E-state index in [1.165, 1.54) is 41.5 Å². The number of halogens is 2. The van der Waals surface area contributed by atoms with Crippen molar-refractivity contribution in [3.8, 4) is 0 Å². The lowest BCUT2D eigenvalue weighted by Crippen LogP contribution is -2.46. The van der Waals surface area contributed by atoms with Crippen molar-refractivity contribution in [3.63, 3.8) is 0 Å². The molecule has 0 spiro atoms. The Balaban J connectivity index is 0.000000180. The minimum absolute atomic E-state index is 0.0624. The molecular formula is C57H64F2N22O26P4. The van der Waals surface area contributed by atoms with Crippen molar-refractivity contribution in [3.05, 3.63) is 106 Å². The number of nitrogens with one attached hydrogen (secondary N) is 4. The molecule has 8 aliphatic rings. The number of anilines is 4. The van der Waals surface area contributed by atoms with E-state index < -0.39 is 190 Å². The quantitative estimate of drug-likeness (QED) is 0.0495. The van der Waals surface area contributed by atoms with Gasteiger partial charge >= 0.3 is 31.3 Å². The maximum atomic E-state index is 16.5. The van der Waals surface area contributed by atoms with Crippen LogP contribution in [-0.4, -0.2) is 237 Å². The Bertz CT molecular complexity index is 5470. The van der Waals surface area contributed by atoms with Gasteiger partial charge in [0.2, 0.25) is 24.3 Å². The van der Waals surface area contributed by atoms with Crippen LogP contribution in [0.2, 0.25) is 0 Å². The largest absolute Gasteiger partial charge is 0.475 e. The summed E-state index contributed by atoms with van der Waals surface area (Å²) in [5, 5.41) is 5.17. The third-order valence-corrected chi connectivity index (χ3v) is 22.8. The molecule has 8 saturated heterocycles. The molecule has 0 radical (unpaired) electrons. The normalized spacial score (nSPS) is 34.6. The number of nitrogen functional groups attached to an aromatic ring is 2. The average molecular weight is 1640 g/mol. The molecule has 1 aromatic carbocycles. The van der Waals surface area contributed by atoms with Crippen LogP contribution in [0.3, 0.4) is 0 Å². The smallest absolute Gasteiger partial charge is 0.382 e. The highest BCUT2D eigenvalue weighted by Crippen LogP contribution is 2.62. The van der Waals surface area contributed by atoms with Crippen LogP contribution in [0.4, 0.5) is 32.3 Å². The Morgan fingerprint density at radius 2 is 1.14 bits per heavy atom. The van der Waals surface area contributed by atoms with Gasteiger partial charge in [-0.1, -0.05) is 32.0 Å². The zero-order valence-electron chi connectivity index (χ0n) is 57.4. The van der Waals surface area contributed by atoms with E-state index in [-0.39, 0.29) is 87.9 Å². The Labute approximate surface area is 618 Å². The second-order valence-electron chi connectivity index (χ2n) is 25.7. The Morgan fingerprint density at radius 1 is 0.631 bits per heavy atom. The Hall–Kier alpha value is -8.93. The fraction of sp³-hybridized carbons (Fsp3) is 0.491. The number of nitrogens with two attached hydrogens (primary N) is 3. The van der Waals surface area contributed by atoms with Crippen LogP contribution < -0.4 is 39.0 Å². The number of carbonyl (C=O) groups excluding carboxylic acids is 2. The van der Waals surface area contributed by atoms with E-state index in [0.717, 1.165) is 21.8 Å². The molecule has 111 heavy (non-hydrogen) atoms. The van der Waals surface area contributed by atoms with E-state index in [0.29, 0.717) is 5.56 Å². The summed E-state index contributed by atoms with van der Waals surface area (Å²) in [6.07, 6.45) is -15.5. The highest BCUT2D eigenvalue weighted by atomic mass is 31.2. The maximum absolute atomic E-state index is 16.5. The standard InChI is InChI=1S/C35H36FN11O14P2.C21H23FN10O12P2.CH5N/c1-17(2)29(48)44-34-43-28-22(31(50)45-34)41-16-47(28)32-23-20(36)19(58-32)11-56-63(53,55-10-9-37-3)61-25-24-33(59-35(25,12-54-24)13-57-62(51,52)60-23)46-15-40-21-26(38-14-39-27(21)46)42-30(49)18-7-5-4-6-8-18;22-8-7-1-39-45(34,35)44-13-12-19(31-5-27-9-14(23)25-4-26-15(9)31)42-21(13,2-38-12)3-40-46(36,37)43-11(8)18(41-7)32-6-28-10-16(32)29-20(24)30-17(10)33;1-2/h4-8,14-17,19-20,23-25,32-33H,9-13H2,1-2H3,(H,51,52)(H,38,39,42,49)(H2,43,44,45,48,50);4-8,11-13,18-19H,1-3H2,(H,34,35)(H,36,37)(H2,23,25,26)(H3,24,29,30,33);2H2,1H3/t19-,20-,23-,24-,25+,32-,33-,35-,63?;7-,8-,11-,12-,13+,18-,19-,21-;/m11./s1. The molecule has 9 aromatic rings. The van der Waals surface area contributed by atoms with E-state index in [9.17, 15) is 52.1 Å². The monoisotopic (exact) mass is 1630 g/mol. The topological polar surface area (TPSA) is 622 Å². The number of carbonyl (C=O) groups is 2. The number of aromatic amines is 2. The predicted molar refractivity (Wildman–Crippen MR) is 364 cm³/mol. The molecule has 8 aliphatic heterocycles. The number of amides is 2. The number of nitrogens with zero attached hydrogens (tertiary/aromatic N) is 15. The highest BCUT2D eigenvalue weighted by molar-refractivity contribution is 7.48. The molecule has 8 fully saturated rings. The zero-order valence-corrected chi connectivity index (χ0v) is 61.0. The average Bonchev–Trinajstić information content (AvgIpc) is 1.56. The number of fused-ring (bicyclic) bond motifs is 8. The van der Waals surface area contributed by atoms with Gasteiger partial charge in [0.1, 0.15) is 84.8 Å². The van der Waals surface area contributed by atoms with Crippen LogP contribution in [-0.2, 0) is 92.2 Å². The lowest BCUT2D eigenvalue weighted by atomic mass is 10.0. The van der Waals surface area contributed by atoms with E-state index in [1.54, 1.807) is 44.2 Å². The lowest BCUT2D eigenvalue weighted by Gasteiger charge is -2.32. The molecule has 16 heterocycles. The van der Waals surface area contributed by atoms with Gasteiger partial charge in [0.25, 0.3) is 17.0 Å². The van der Waals surface area contributed by atoms with Gasteiger partial charge in [0, 0.05) is 11.5 Å². The van der Waals surface area contributed by atoms with Crippen molar-refractivity contribution >= 4 is 111 Å². The Kier molecular flexibility index (Phi) is 20.8. The van der Waals surface area contributed by atoms with Crippen molar-refractivity contribution in [2.75, 3.05) is 81.9 Å². The van der Waals surface area contributed by atoms with Gasteiger partial charge in [-0.05, 0) is 19.2 Å². The summed E-state index contributed by atoms with van der Waals surface area (Å²) < 4.78 is 178. The number of phosphoric acid groups is 4. The van der Waals surface area contributed by atoms with Gasteiger partial charge in [0.05, 0.1) is 65.0 Å². The molecule has 20 atom stereocenters. The number of aromatic nitrogens is 16. The molecule has 13 N–H and O–H groups in total. The first-order valence-corrected chi connectivity index (χ1v) is 39.1. The van der Waals surface area contributed by atoms with E-state index in [2.05, 4.69) is 81.0 Å². The first-order valence-electron chi connectivity index (χ1n) is 33.1. The molecule has 17 rings (SSSR count). The number of ether oxygens (including phenoxy) is 6. The predicted octanol–water partition coefficient (Wildman–Crippen LogP) is 1.29. The van der Waals surface area contributed by atoms with Gasteiger partial charge in [-0.2, -0.15) is 9.97 Å². The van der Waals surface area contributed by atoms with Crippen LogP contribution in [0, 0.1) is 12.5 Å². The summed E-state index contributed by atoms with van der Waals surface area (Å²) in [5.41, 5.74) is 11.1. The minimum atomic E-state index is -5.33. The number of phosphoric ester groups is 4. The second-order valence-corrected chi connectivity index (χ2v) is 31.6. The first-order chi connectivity index (χ1) is 53.0. The highest BCUT2D eigenvalue weighted by Gasteiger charge is 2.68. The zero-order chi connectivity index (χ0) is 78.4. The summed E-state index contributed by atoms with van der Waals surface area (Å²) in [7, 11) is -18.9. The summed E-state index contributed by atoms with van der Waals surface area (Å²) in [4.78, 5) is 133. The number of imidazole rings is 4. The number of hydrogen-bond donors (Lipinski definition) is 10. The summed E-state index contributed by atoms with van der Waals surface area (Å²) in [6.45, 7) is 5.56. The van der Waals surface area contributed by atoms with Crippen LogP contribution in [0.1, 0.15) is 49.1 Å². The molecule has 8 aromatic heterocycles. The molecular weight excluding hydrogens is 1570 g/mol. The summed E-state index contributed by atoms with van der Waals surface area (Å²) in [6, 6.07) is 8.38. The molecule has 8 bridgehead atoms. The van der Waals surface area contributed by atoms with Crippen molar-refractivity contribution < 1.29 is 120 Å². The second kappa shape index (κ2) is 29.9. The van der Waals surface area contributed by atoms with Gasteiger partial charge in [-0.15, -0.1) is 0 Å². The van der Waals surface area contributed by atoms with Gasteiger partial charge in [-0.3, -0.25) is 93.4 Å². The van der Waals surface area contributed by atoms with Crippen molar-refractivity contribution in [1.82, 2.24) is 78.1 Å². The molecule has 54 heteroatoms. The van der Waals surface area contributed by atoms with Crippen molar-refractivity contribution in [2.24, 2.45) is 11.7 Å². The van der Waals surface area contributed by atoms with Crippen molar-refractivity contribution in [2.45, 2.75) is 111 Å². The number of H-pyrrole nitrogens is 2. The first kappa shape index (κ1) is 77.4. The summed E-state index contributed by atoms with van der Waals surface area (Å²) >= 11 is 0. The Morgan fingerprint density at radius 3 is 1.71 bits per heavy atom. The van der Waals surface area contributed by atoms with Gasteiger partial charge < -0.3 is 70.5 Å². The van der Waals surface area contributed by atoms with Crippen LogP contribution in [0.25, 0.3) is 49.5 Å². The minimum Gasteiger partial charge on any atom is -0.382 e. The number of rotatable bonds is 11. The molecule has 0 saturated carbocycles. The molecule has 2 amide bonds. The molecule has 0 aliphatic carbocycles. The van der Waals surface area contributed by atoms with E-state index in [1.807, 2.05) is 0 Å². The molecule has 4 unspecified atom stereocenters. The summed E-state index contributed by atoms with van der Waals surface area (Å²) in [5.74, 6) is -1.89. The fourth-order valence-electron chi connectivity index (χ4n) is 13.3. The van der Waals surface area contributed by atoms with Crippen LogP contribution in [0.15, 0.2) is 77.9 Å². The van der Waals surface area contributed by atoms with Crippen LogP contribution >= 0.6 is 31.3 Å². The molecule has 48 nitrogen and oxygen atoms in total. The fourth-order valence-corrected chi connectivity index (χ4v) is 17.6.